The summed E-state index contributed by atoms with van der Waals surface area (Å²) in [5, 5.41) is 4.84. The Morgan fingerprint density at radius 2 is 1.78 bits per heavy atom. The fourth-order valence-electron chi connectivity index (χ4n) is 2.94. The second-order valence-corrected chi connectivity index (χ2v) is 6.03. The minimum absolute atomic E-state index is 0.699. The molecule has 0 bridgehead atoms. The number of nitrogens with two attached hydrogens (primary N) is 1. The van der Waals surface area contributed by atoms with Gasteiger partial charge in [-0.25, -0.2) is 4.68 Å². The van der Waals surface area contributed by atoms with Crippen LogP contribution in [-0.4, -0.2) is 9.78 Å². The first-order chi connectivity index (χ1) is 11.1. The average Bonchev–Trinajstić information content (AvgIpc) is 2.86. The predicted octanol–water partition coefficient (Wildman–Crippen LogP) is 4.36. The highest BCUT2D eigenvalue weighted by molar-refractivity contribution is 5.71. The van der Waals surface area contributed by atoms with Crippen LogP contribution >= 0.6 is 0 Å². The highest BCUT2D eigenvalue weighted by Crippen LogP contribution is 2.31. The lowest BCUT2D eigenvalue weighted by Gasteiger charge is -2.06. The standard InChI is InChI=1S/C20H23N3/c1-4-17-19(18-12-14(2)10-11-15(18)3)22-23(20(17)21)13-16-8-6-5-7-9-16/h5-12H,4,13,21H2,1-3H3. The van der Waals surface area contributed by atoms with Gasteiger partial charge in [0, 0.05) is 11.1 Å². The Morgan fingerprint density at radius 3 is 2.48 bits per heavy atom. The second-order valence-electron chi connectivity index (χ2n) is 6.03. The summed E-state index contributed by atoms with van der Waals surface area (Å²) in [6.45, 7) is 7.07. The minimum atomic E-state index is 0.699. The summed E-state index contributed by atoms with van der Waals surface area (Å²) in [7, 11) is 0. The molecule has 0 aliphatic rings. The van der Waals surface area contributed by atoms with Gasteiger partial charge in [-0.2, -0.15) is 5.10 Å². The van der Waals surface area contributed by atoms with Crippen molar-refractivity contribution in [3.05, 3.63) is 70.8 Å². The summed E-state index contributed by atoms with van der Waals surface area (Å²) >= 11 is 0. The monoisotopic (exact) mass is 305 g/mol. The molecule has 23 heavy (non-hydrogen) atoms. The molecule has 118 valence electrons. The van der Waals surface area contributed by atoms with Crippen molar-refractivity contribution in [2.45, 2.75) is 33.7 Å². The molecule has 0 aliphatic carbocycles. The number of hydrogen-bond acceptors (Lipinski definition) is 2. The van der Waals surface area contributed by atoms with Crippen molar-refractivity contribution in [1.29, 1.82) is 0 Å². The highest BCUT2D eigenvalue weighted by Gasteiger charge is 2.17. The van der Waals surface area contributed by atoms with E-state index in [1.54, 1.807) is 0 Å². The third-order valence-corrected chi connectivity index (χ3v) is 4.27. The highest BCUT2D eigenvalue weighted by atomic mass is 15.3. The molecular formula is C20H23N3. The molecule has 2 N–H and O–H groups in total. The fraction of sp³-hybridized carbons (Fsp3) is 0.250. The Bertz CT molecular complexity index is 816. The van der Waals surface area contributed by atoms with Crippen LogP contribution in [0.1, 0.15) is 29.2 Å². The molecule has 1 heterocycles. The number of benzene rings is 2. The Hall–Kier alpha value is -2.55. The summed E-state index contributed by atoms with van der Waals surface area (Å²) in [5.41, 5.74) is 13.4. The van der Waals surface area contributed by atoms with Gasteiger partial charge in [-0.1, -0.05) is 55.0 Å². The van der Waals surface area contributed by atoms with Crippen LogP contribution in [0.3, 0.4) is 0 Å². The number of rotatable bonds is 4. The van der Waals surface area contributed by atoms with Gasteiger partial charge in [-0.15, -0.1) is 0 Å². The number of anilines is 1. The molecule has 3 rings (SSSR count). The molecule has 0 radical (unpaired) electrons. The third-order valence-electron chi connectivity index (χ3n) is 4.27. The molecule has 0 saturated carbocycles. The van der Waals surface area contributed by atoms with Gasteiger partial charge in [-0.3, -0.25) is 0 Å². The lowest BCUT2D eigenvalue weighted by atomic mass is 9.99. The van der Waals surface area contributed by atoms with Crippen molar-refractivity contribution in [3.63, 3.8) is 0 Å². The maximum atomic E-state index is 6.39. The molecule has 3 nitrogen and oxygen atoms in total. The fourth-order valence-corrected chi connectivity index (χ4v) is 2.94. The first-order valence-corrected chi connectivity index (χ1v) is 8.07. The van der Waals surface area contributed by atoms with Crippen LogP contribution in [0.25, 0.3) is 11.3 Å². The SMILES string of the molecule is CCc1c(-c2cc(C)ccc2C)nn(Cc2ccccc2)c1N. The van der Waals surface area contributed by atoms with Crippen LogP contribution < -0.4 is 5.73 Å². The number of hydrogen-bond donors (Lipinski definition) is 1. The predicted molar refractivity (Wildman–Crippen MR) is 96.5 cm³/mol. The number of nitrogen functional groups attached to an aromatic ring is 1. The molecule has 2 aromatic carbocycles. The van der Waals surface area contributed by atoms with Crippen LogP contribution in [0.2, 0.25) is 0 Å². The molecule has 0 fully saturated rings. The Kier molecular flexibility index (Phi) is 4.20. The van der Waals surface area contributed by atoms with E-state index in [2.05, 4.69) is 51.1 Å². The van der Waals surface area contributed by atoms with E-state index in [9.17, 15) is 0 Å². The van der Waals surface area contributed by atoms with Gasteiger partial charge in [-0.05, 0) is 37.5 Å². The molecule has 0 unspecified atom stereocenters. The molecule has 3 aromatic rings. The lowest BCUT2D eigenvalue weighted by Crippen LogP contribution is -2.06. The van der Waals surface area contributed by atoms with E-state index in [-0.39, 0.29) is 0 Å². The maximum Gasteiger partial charge on any atom is 0.125 e. The first-order valence-electron chi connectivity index (χ1n) is 8.07. The van der Waals surface area contributed by atoms with Gasteiger partial charge in [0.2, 0.25) is 0 Å². The zero-order chi connectivity index (χ0) is 16.4. The van der Waals surface area contributed by atoms with Crippen LogP contribution in [0.4, 0.5) is 5.82 Å². The third kappa shape index (κ3) is 3.00. The van der Waals surface area contributed by atoms with Crippen molar-refractivity contribution in [1.82, 2.24) is 9.78 Å². The second kappa shape index (κ2) is 6.29. The van der Waals surface area contributed by atoms with E-state index >= 15 is 0 Å². The van der Waals surface area contributed by atoms with Gasteiger partial charge in [0.15, 0.2) is 0 Å². The summed E-state index contributed by atoms with van der Waals surface area (Å²) in [6.07, 6.45) is 0.878. The van der Waals surface area contributed by atoms with Crippen LogP contribution in [0.5, 0.6) is 0 Å². The molecule has 0 amide bonds. The van der Waals surface area contributed by atoms with Crippen molar-refractivity contribution in [3.8, 4) is 11.3 Å². The minimum Gasteiger partial charge on any atom is -0.384 e. The zero-order valence-corrected chi connectivity index (χ0v) is 14.0. The number of aryl methyl sites for hydroxylation is 2. The van der Waals surface area contributed by atoms with E-state index in [0.29, 0.717) is 6.54 Å². The van der Waals surface area contributed by atoms with Crippen molar-refractivity contribution in [2.75, 3.05) is 5.73 Å². The van der Waals surface area contributed by atoms with Crippen molar-refractivity contribution >= 4 is 5.82 Å². The summed E-state index contributed by atoms with van der Waals surface area (Å²) in [5.74, 6) is 0.771. The van der Waals surface area contributed by atoms with Gasteiger partial charge >= 0.3 is 0 Å². The molecule has 0 spiro atoms. The van der Waals surface area contributed by atoms with Gasteiger partial charge in [0.25, 0.3) is 0 Å². The zero-order valence-electron chi connectivity index (χ0n) is 14.0. The average molecular weight is 305 g/mol. The van der Waals surface area contributed by atoms with Crippen molar-refractivity contribution < 1.29 is 0 Å². The lowest BCUT2D eigenvalue weighted by molar-refractivity contribution is 0.699. The Labute approximate surface area is 137 Å². The van der Waals surface area contributed by atoms with E-state index in [1.165, 1.54) is 22.3 Å². The summed E-state index contributed by atoms with van der Waals surface area (Å²) in [6, 6.07) is 16.8. The summed E-state index contributed by atoms with van der Waals surface area (Å²) < 4.78 is 1.92. The van der Waals surface area contributed by atoms with Crippen LogP contribution in [-0.2, 0) is 13.0 Å². The van der Waals surface area contributed by atoms with E-state index in [0.717, 1.165) is 23.5 Å². The summed E-state index contributed by atoms with van der Waals surface area (Å²) in [4.78, 5) is 0. The van der Waals surface area contributed by atoms with Gasteiger partial charge < -0.3 is 5.73 Å². The van der Waals surface area contributed by atoms with E-state index in [1.807, 2.05) is 22.9 Å². The van der Waals surface area contributed by atoms with E-state index in [4.69, 9.17) is 10.8 Å². The molecule has 0 atom stereocenters. The van der Waals surface area contributed by atoms with E-state index < -0.39 is 0 Å². The van der Waals surface area contributed by atoms with Gasteiger partial charge in [0.05, 0.1) is 12.2 Å². The first kappa shape index (κ1) is 15.3. The van der Waals surface area contributed by atoms with Crippen LogP contribution in [0.15, 0.2) is 48.5 Å². The number of aromatic nitrogens is 2. The smallest absolute Gasteiger partial charge is 0.125 e. The number of nitrogens with zero attached hydrogens (tertiary/aromatic N) is 2. The van der Waals surface area contributed by atoms with Gasteiger partial charge in [0.1, 0.15) is 5.82 Å². The molecule has 0 aliphatic heterocycles. The molecule has 3 heteroatoms. The molecular weight excluding hydrogens is 282 g/mol. The largest absolute Gasteiger partial charge is 0.384 e. The maximum absolute atomic E-state index is 6.39. The van der Waals surface area contributed by atoms with Crippen molar-refractivity contribution in [2.24, 2.45) is 0 Å². The van der Waals surface area contributed by atoms with Crippen LogP contribution in [0, 0.1) is 13.8 Å². The molecule has 0 saturated heterocycles. The quantitative estimate of drug-likeness (QED) is 0.778. The Balaban J connectivity index is 2.08. The Morgan fingerprint density at radius 1 is 1.04 bits per heavy atom. The topological polar surface area (TPSA) is 43.8 Å². The molecule has 1 aromatic heterocycles. The normalized spacial score (nSPS) is 10.9.